The lowest BCUT2D eigenvalue weighted by atomic mass is 10.3. The van der Waals surface area contributed by atoms with Gasteiger partial charge in [0.2, 0.25) is 5.91 Å². The monoisotopic (exact) mass is 234 g/mol. The van der Waals surface area contributed by atoms with Crippen LogP contribution in [-0.2, 0) is 4.79 Å². The smallest absolute Gasteiger partial charge is 0.234 e. The normalized spacial score (nSPS) is 9.18. The molecule has 17 heavy (non-hydrogen) atoms. The summed E-state index contributed by atoms with van der Waals surface area (Å²) in [7, 11) is 1.57. The minimum Gasteiger partial charge on any atom is -0.493 e. The number of methoxy groups -OCH3 is 1. The molecule has 0 atom stereocenters. The Hall–Kier alpha value is -2.22. The minimum atomic E-state index is -0.295. The molecule has 0 aliphatic heterocycles. The Morgan fingerprint density at radius 2 is 2.12 bits per heavy atom. The number of amides is 1. The lowest BCUT2D eigenvalue weighted by molar-refractivity contribution is -0.120. The molecule has 1 N–H and O–H groups in total. The van der Waals surface area contributed by atoms with Gasteiger partial charge in [-0.3, -0.25) is 4.79 Å². The first kappa shape index (κ1) is 12.8. The average Bonchev–Trinajstić information content (AvgIpc) is 2.35. The van der Waals surface area contributed by atoms with E-state index in [-0.39, 0.29) is 12.3 Å². The van der Waals surface area contributed by atoms with Crippen molar-refractivity contribution >= 4 is 5.91 Å². The number of hydrogen-bond donors (Lipinski definition) is 1. The van der Waals surface area contributed by atoms with Crippen molar-refractivity contribution in [1.29, 1.82) is 5.26 Å². The lowest BCUT2D eigenvalue weighted by Gasteiger charge is -2.10. The fraction of sp³-hybridized carbons (Fsp3) is 0.333. The summed E-state index contributed by atoms with van der Waals surface area (Å²) < 4.78 is 10.5. The van der Waals surface area contributed by atoms with Crippen LogP contribution in [0.2, 0.25) is 0 Å². The summed E-state index contributed by atoms with van der Waals surface area (Å²) >= 11 is 0. The maximum atomic E-state index is 11.0. The van der Waals surface area contributed by atoms with Crippen molar-refractivity contribution in [1.82, 2.24) is 5.32 Å². The molecule has 1 rings (SSSR count). The predicted molar refractivity (Wildman–Crippen MR) is 61.7 cm³/mol. The molecule has 0 aromatic heterocycles. The van der Waals surface area contributed by atoms with Crippen LogP contribution in [0.1, 0.15) is 6.42 Å². The number of nitrogens with one attached hydrogen (secondary N) is 1. The molecule has 0 radical (unpaired) electrons. The molecule has 0 saturated carbocycles. The Balaban J connectivity index is 2.31. The van der Waals surface area contributed by atoms with E-state index in [4.69, 9.17) is 14.7 Å². The van der Waals surface area contributed by atoms with Crippen molar-refractivity contribution in [2.75, 3.05) is 20.3 Å². The van der Waals surface area contributed by atoms with Gasteiger partial charge in [0, 0.05) is 0 Å². The number of rotatable bonds is 6. The quantitative estimate of drug-likeness (QED) is 0.748. The highest BCUT2D eigenvalue weighted by Gasteiger charge is 2.02. The number of benzene rings is 1. The minimum absolute atomic E-state index is 0.130. The van der Waals surface area contributed by atoms with Crippen LogP contribution in [0.25, 0.3) is 0 Å². The Bertz CT molecular complexity index is 412. The predicted octanol–water partition coefficient (Wildman–Crippen LogP) is 1.10. The standard InChI is InChI=1S/C12H14N2O3/c1-16-10-4-2-3-5-11(10)17-9-8-14-12(15)6-7-13/h2-5H,6,8-9H2,1H3,(H,14,15). The third-order valence-corrected chi connectivity index (χ3v) is 1.99. The van der Waals surface area contributed by atoms with Crippen molar-refractivity contribution in [3.8, 4) is 17.6 Å². The third-order valence-electron chi connectivity index (χ3n) is 1.99. The van der Waals surface area contributed by atoms with Crippen LogP contribution < -0.4 is 14.8 Å². The molecular formula is C12H14N2O3. The van der Waals surface area contributed by atoms with E-state index in [1.54, 1.807) is 25.3 Å². The molecule has 1 aromatic rings. The fourth-order valence-corrected chi connectivity index (χ4v) is 1.22. The number of carbonyl (C=O) groups is 1. The van der Waals surface area contributed by atoms with Crippen LogP contribution >= 0.6 is 0 Å². The van der Waals surface area contributed by atoms with Gasteiger partial charge in [-0.2, -0.15) is 5.26 Å². The molecule has 0 bridgehead atoms. The molecular weight excluding hydrogens is 220 g/mol. The number of hydrogen-bond acceptors (Lipinski definition) is 4. The molecule has 1 aromatic carbocycles. The van der Waals surface area contributed by atoms with Crippen molar-refractivity contribution in [2.24, 2.45) is 0 Å². The molecule has 1 amide bonds. The highest BCUT2D eigenvalue weighted by atomic mass is 16.5. The van der Waals surface area contributed by atoms with E-state index in [2.05, 4.69) is 5.32 Å². The largest absolute Gasteiger partial charge is 0.493 e. The van der Waals surface area contributed by atoms with Crippen LogP contribution in [0.15, 0.2) is 24.3 Å². The summed E-state index contributed by atoms with van der Waals surface area (Å²) in [5.74, 6) is 0.983. The fourth-order valence-electron chi connectivity index (χ4n) is 1.22. The zero-order chi connectivity index (χ0) is 12.5. The van der Waals surface area contributed by atoms with Crippen LogP contribution in [0, 0.1) is 11.3 Å². The van der Waals surface area contributed by atoms with Gasteiger partial charge in [0.15, 0.2) is 11.5 Å². The van der Waals surface area contributed by atoms with E-state index >= 15 is 0 Å². The summed E-state index contributed by atoms with van der Waals surface area (Å²) in [4.78, 5) is 11.0. The molecule has 5 nitrogen and oxygen atoms in total. The van der Waals surface area contributed by atoms with E-state index in [9.17, 15) is 4.79 Å². The Labute approximate surface area is 100.0 Å². The number of nitrogens with zero attached hydrogens (tertiary/aromatic N) is 1. The maximum Gasteiger partial charge on any atom is 0.234 e. The Kier molecular flexibility index (Phi) is 5.38. The number of carbonyl (C=O) groups excluding carboxylic acids is 1. The van der Waals surface area contributed by atoms with Crippen molar-refractivity contribution < 1.29 is 14.3 Å². The summed E-state index contributed by atoms with van der Waals surface area (Å²) in [6.07, 6.45) is -0.130. The third kappa shape index (κ3) is 4.43. The molecule has 0 saturated heterocycles. The summed E-state index contributed by atoms with van der Waals surface area (Å²) in [5.41, 5.74) is 0. The number of ether oxygens (including phenoxy) is 2. The van der Waals surface area contributed by atoms with Crippen molar-refractivity contribution in [3.05, 3.63) is 24.3 Å². The first-order chi connectivity index (χ1) is 8.27. The van der Waals surface area contributed by atoms with Crippen LogP contribution in [-0.4, -0.2) is 26.2 Å². The van der Waals surface area contributed by atoms with Gasteiger partial charge in [-0.05, 0) is 12.1 Å². The summed E-state index contributed by atoms with van der Waals surface area (Å²) in [6, 6.07) is 9.04. The van der Waals surface area contributed by atoms with E-state index in [0.717, 1.165) is 0 Å². The van der Waals surface area contributed by atoms with Gasteiger partial charge in [-0.25, -0.2) is 0 Å². The molecule has 5 heteroatoms. The van der Waals surface area contributed by atoms with Gasteiger partial charge in [-0.15, -0.1) is 0 Å². The van der Waals surface area contributed by atoms with E-state index in [1.165, 1.54) is 0 Å². The highest BCUT2D eigenvalue weighted by Crippen LogP contribution is 2.25. The molecule has 0 aliphatic rings. The number of nitriles is 1. The van der Waals surface area contributed by atoms with E-state index in [0.29, 0.717) is 24.7 Å². The second-order valence-electron chi connectivity index (χ2n) is 3.18. The molecule has 90 valence electrons. The van der Waals surface area contributed by atoms with Crippen LogP contribution in [0.4, 0.5) is 0 Å². The Morgan fingerprint density at radius 3 is 2.76 bits per heavy atom. The van der Waals surface area contributed by atoms with Gasteiger partial charge >= 0.3 is 0 Å². The lowest BCUT2D eigenvalue weighted by Crippen LogP contribution is -2.27. The molecule has 0 aliphatic carbocycles. The second-order valence-corrected chi connectivity index (χ2v) is 3.18. The number of para-hydroxylation sites is 2. The SMILES string of the molecule is COc1ccccc1OCCNC(=O)CC#N. The van der Waals surface area contributed by atoms with Gasteiger partial charge in [0.1, 0.15) is 13.0 Å². The molecule has 0 heterocycles. The van der Waals surface area contributed by atoms with Crippen molar-refractivity contribution in [3.63, 3.8) is 0 Å². The van der Waals surface area contributed by atoms with Gasteiger partial charge in [0.05, 0.1) is 19.7 Å². The first-order valence-corrected chi connectivity index (χ1v) is 5.17. The van der Waals surface area contributed by atoms with Crippen LogP contribution in [0.3, 0.4) is 0 Å². The second kappa shape index (κ2) is 7.12. The van der Waals surface area contributed by atoms with Gasteiger partial charge in [-0.1, -0.05) is 12.1 Å². The summed E-state index contributed by atoms with van der Waals surface area (Å²) in [5, 5.41) is 10.8. The van der Waals surface area contributed by atoms with E-state index < -0.39 is 0 Å². The summed E-state index contributed by atoms with van der Waals surface area (Å²) in [6.45, 7) is 0.691. The average molecular weight is 234 g/mol. The van der Waals surface area contributed by atoms with Gasteiger partial charge in [0.25, 0.3) is 0 Å². The van der Waals surface area contributed by atoms with Crippen LogP contribution in [0.5, 0.6) is 11.5 Å². The molecule has 0 fully saturated rings. The van der Waals surface area contributed by atoms with E-state index in [1.807, 2.05) is 12.1 Å². The maximum absolute atomic E-state index is 11.0. The van der Waals surface area contributed by atoms with Crippen molar-refractivity contribution in [2.45, 2.75) is 6.42 Å². The van der Waals surface area contributed by atoms with Gasteiger partial charge < -0.3 is 14.8 Å². The highest BCUT2D eigenvalue weighted by molar-refractivity contribution is 5.77. The Morgan fingerprint density at radius 1 is 1.41 bits per heavy atom. The topological polar surface area (TPSA) is 71.3 Å². The first-order valence-electron chi connectivity index (χ1n) is 5.17. The zero-order valence-corrected chi connectivity index (χ0v) is 9.60. The molecule has 0 spiro atoms. The molecule has 0 unspecified atom stereocenters. The zero-order valence-electron chi connectivity index (χ0n) is 9.60.